The van der Waals surface area contributed by atoms with Crippen molar-refractivity contribution in [2.45, 2.75) is 25.4 Å². The molecule has 0 radical (unpaired) electrons. The van der Waals surface area contributed by atoms with E-state index in [0.717, 1.165) is 5.56 Å². The molecule has 4 nitrogen and oxygen atoms in total. The molecule has 0 N–H and O–H groups in total. The van der Waals surface area contributed by atoms with Crippen molar-refractivity contribution in [2.24, 2.45) is 11.8 Å². The van der Waals surface area contributed by atoms with Gasteiger partial charge in [-0.15, -0.1) is 0 Å². The molecule has 0 aliphatic heterocycles. The van der Waals surface area contributed by atoms with Crippen LogP contribution < -0.4 is 4.74 Å². The van der Waals surface area contributed by atoms with Gasteiger partial charge >= 0.3 is 5.97 Å². The van der Waals surface area contributed by atoms with Crippen LogP contribution in [0.1, 0.15) is 29.6 Å². The Labute approximate surface area is 139 Å². The summed E-state index contributed by atoms with van der Waals surface area (Å²) in [5.74, 6) is 0.925. The molecule has 24 heavy (non-hydrogen) atoms. The van der Waals surface area contributed by atoms with Gasteiger partial charge in [-0.05, 0) is 43.2 Å². The van der Waals surface area contributed by atoms with E-state index in [0.29, 0.717) is 29.0 Å². The minimum absolute atomic E-state index is 0.209. The van der Waals surface area contributed by atoms with E-state index in [-0.39, 0.29) is 11.9 Å². The first-order valence-electron chi connectivity index (χ1n) is 8.19. The van der Waals surface area contributed by atoms with E-state index < -0.39 is 5.97 Å². The summed E-state index contributed by atoms with van der Waals surface area (Å²) < 4.78 is 24.0. The number of fused-ring (bicyclic) bond motifs is 1. The number of aromatic nitrogens is 1. The number of rotatable bonds is 4. The number of nitrogens with zero attached hydrogens (tertiary/aromatic N) is 1. The number of halogens is 1. The number of carbonyl (C=O) groups is 1. The molecular formula is C19H18FNO3. The number of carbonyl (C=O) groups excluding carboxylic acids is 1. The number of hydrogen-bond donors (Lipinski definition) is 0. The smallest absolute Gasteiger partial charge is 0.338 e. The van der Waals surface area contributed by atoms with Gasteiger partial charge in [0.15, 0.2) is 0 Å². The van der Waals surface area contributed by atoms with Crippen LogP contribution in [0.5, 0.6) is 5.88 Å². The highest BCUT2D eigenvalue weighted by atomic mass is 19.1. The minimum atomic E-state index is -0.443. The molecule has 2 aliphatic carbocycles. The molecule has 2 aliphatic rings. The number of pyridine rings is 1. The Morgan fingerprint density at radius 2 is 1.88 bits per heavy atom. The van der Waals surface area contributed by atoms with Gasteiger partial charge in [0.05, 0.1) is 18.4 Å². The van der Waals surface area contributed by atoms with Gasteiger partial charge in [0.1, 0.15) is 11.9 Å². The average Bonchev–Trinajstić information content (AvgIpc) is 3.03. The third-order valence-corrected chi connectivity index (χ3v) is 4.95. The Balaban J connectivity index is 1.66. The molecule has 124 valence electrons. The third kappa shape index (κ3) is 2.75. The Bertz CT molecular complexity index is 765. The Hall–Kier alpha value is -2.43. The van der Waals surface area contributed by atoms with Gasteiger partial charge in [-0.1, -0.05) is 6.42 Å². The number of ether oxygens (including phenoxy) is 2. The van der Waals surface area contributed by atoms with Crippen molar-refractivity contribution in [1.29, 1.82) is 0 Å². The van der Waals surface area contributed by atoms with Gasteiger partial charge < -0.3 is 9.47 Å². The molecule has 0 saturated heterocycles. The molecule has 2 saturated carbocycles. The maximum Gasteiger partial charge on any atom is 0.338 e. The van der Waals surface area contributed by atoms with E-state index in [1.54, 1.807) is 24.3 Å². The van der Waals surface area contributed by atoms with Crippen LogP contribution in [0.4, 0.5) is 4.39 Å². The van der Waals surface area contributed by atoms with Gasteiger partial charge in [0, 0.05) is 23.5 Å². The lowest BCUT2D eigenvalue weighted by molar-refractivity contribution is 0.0600. The molecule has 0 spiro atoms. The third-order valence-electron chi connectivity index (χ3n) is 4.95. The zero-order valence-electron chi connectivity index (χ0n) is 13.4. The summed E-state index contributed by atoms with van der Waals surface area (Å²) in [6, 6.07) is 9.26. The van der Waals surface area contributed by atoms with Crippen LogP contribution in [-0.4, -0.2) is 24.2 Å². The molecule has 4 rings (SSSR count). The number of methoxy groups -OCH3 is 1. The molecule has 0 amide bonds. The van der Waals surface area contributed by atoms with Crippen molar-refractivity contribution in [3.05, 3.63) is 47.8 Å². The first-order valence-corrected chi connectivity index (χ1v) is 8.19. The van der Waals surface area contributed by atoms with E-state index in [1.165, 1.54) is 38.5 Å². The SMILES string of the molecule is COC(=O)c1cc(O[C@H]2[C@@H]3CCC[C@@H]32)nc(-c2ccc(F)cc2)c1. The molecule has 1 heterocycles. The summed E-state index contributed by atoms with van der Waals surface area (Å²) in [5, 5.41) is 0. The molecule has 5 heteroatoms. The normalized spacial score (nSPS) is 24.3. The summed E-state index contributed by atoms with van der Waals surface area (Å²) in [4.78, 5) is 16.4. The van der Waals surface area contributed by atoms with E-state index in [1.807, 2.05) is 0 Å². The highest BCUT2D eigenvalue weighted by molar-refractivity contribution is 5.91. The summed E-state index contributed by atoms with van der Waals surface area (Å²) in [5.41, 5.74) is 1.68. The molecule has 2 fully saturated rings. The lowest BCUT2D eigenvalue weighted by Gasteiger charge is -2.11. The van der Waals surface area contributed by atoms with Gasteiger partial charge in [-0.2, -0.15) is 0 Å². The highest BCUT2D eigenvalue weighted by Crippen LogP contribution is 2.53. The molecular weight excluding hydrogens is 309 g/mol. The number of benzene rings is 1. The summed E-state index contributed by atoms with van der Waals surface area (Å²) >= 11 is 0. The topological polar surface area (TPSA) is 48.4 Å². The van der Waals surface area contributed by atoms with Crippen molar-refractivity contribution >= 4 is 5.97 Å². The van der Waals surface area contributed by atoms with Crippen LogP contribution >= 0.6 is 0 Å². The van der Waals surface area contributed by atoms with Gasteiger partial charge in [-0.3, -0.25) is 0 Å². The first kappa shape index (κ1) is 15.1. The van der Waals surface area contributed by atoms with E-state index in [2.05, 4.69) is 4.98 Å². The van der Waals surface area contributed by atoms with E-state index >= 15 is 0 Å². The van der Waals surface area contributed by atoms with Crippen LogP contribution in [0, 0.1) is 17.7 Å². The standard InChI is InChI=1S/C19H18FNO3/c1-23-19(22)12-9-16(11-5-7-13(20)8-6-11)21-17(10-12)24-18-14-3-2-4-15(14)18/h5-10,14-15,18H,2-4H2,1H3/t14-,15+,18+. The molecule has 0 unspecified atom stereocenters. The average molecular weight is 327 g/mol. The van der Waals surface area contributed by atoms with Crippen molar-refractivity contribution in [2.75, 3.05) is 7.11 Å². The van der Waals surface area contributed by atoms with Crippen LogP contribution in [0.25, 0.3) is 11.3 Å². The molecule has 1 aromatic heterocycles. The predicted octanol–water partition coefficient (Wildman–Crippen LogP) is 3.85. The van der Waals surface area contributed by atoms with Crippen LogP contribution in [0.15, 0.2) is 36.4 Å². The van der Waals surface area contributed by atoms with Crippen molar-refractivity contribution in [1.82, 2.24) is 4.98 Å². The maximum atomic E-state index is 13.1. The van der Waals surface area contributed by atoms with E-state index in [9.17, 15) is 9.18 Å². The largest absolute Gasteiger partial charge is 0.474 e. The Morgan fingerprint density at radius 1 is 1.17 bits per heavy atom. The minimum Gasteiger partial charge on any atom is -0.474 e. The summed E-state index contributed by atoms with van der Waals surface area (Å²) in [6.45, 7) is 0. The van der Waals surface area contributed by atoms with Crippen LogP contribution in [0.2, 0.25) is 0 Å². The summed E-state index contributed by atoms with van der Waals surface area (Å²) in [6.07, 6.45) is 3.89. The van der Waals surface area contributed by atoms with Crippen LogP contribution in [0.3, 0.4) is 0 Å². The lowest BCUT2D eigenvalue weighted by Crippen LogP contribution is -2.08. The van der Waals surface area contributed by atoms with Crippen molar-refractivity contribution < 1.29 is 18.7 Å². The van der Waals surface area contributed by atoms with Gasteiger partial charge in [0.25, 0.3) is 0 Å². The zero-order chi connectivity index (χ0) is 16.7. The fourth-order valence-electron chi connectivity index (χ4n) is 3.64. The molecule has 0 bridgehead atoms. The molecule has 2 aromatic rings. The second-order valence-electron chi connectivity index (χ2n) is 6.42. The van der Waals surface area contributed by atoms with E-state index in [4.69, 9.17) is 9.47 Å². The highest BCUT2D eigenvalue weighted by Gasteiger charge is 2.55. The quantitative estimate of drug-likeness (QED) is 0.800. The monoisotopic (exact) mass is 327 g/mol. The molecule has 3 atom stereocenters. The van der Waals surface area contributed by atoms with Crippen molar-refractivity contribution in [3.8, 4) is 17.1 Å². The second-order valence-corrected chi connectivity index (χ2v) is 6.42. The number of hydrogen-bond acceptors (Lipinski definition) is 4. The fourth-order valence-corrected chi connectivity index (χ4v) is 3.64. The Kier molecular flexibility index (Phi) is 3.71. The zero-order valence-corrected chi connectivity index (χ0v) is 13.4. The first-order chi connectivity index (χ1) is 11.7. The second kappa shape index (κ2) is 5.89. The van der Waals surface area contributed by atoms with Gasteiger partial charge in [0.2, 0.25) is 5.88 Å². The summed E-state index contributed by atoms with van der Waals surface area (Å²) in [7, 11) is 1.34. The fraction of sp³-hybridized carbons (Fsp3) is 0.368. The molecule has 1 aromatic carbocycles. The number of esters is 1. The van der Waals surface area contributed by atoms with Crippen LogP contribution in [-0.2, 0) is 4.74 Å². The predicted molar refractivity (Wildman–Crippen MR) is 86.2 cm³/mol. The maximum absolute atomic E-state index is 13.1. The lowest BCUT2D eigenvalue weighted by atomic mass is 10.1. The van der Waals surface area contributed by atoms with Crippen molar-refractivity contribution in [3.63, 3.8) is 0 Å². The van der Waals surface area contributed by atoms with Gasteiger partial charge in [-0.25, -0.2) is 14.2 Å². The Morgan fingerprint density at radius 3 is 2.54 bits per heavy atom.